The Morgan fingerprint density at radius 1 is 1.42 bits per heavy atom. The number of rotatable bonds is 7. The van der Waals surface area contributed by atoms with Gasteiger partial charge in [0.2, 0.25) is 5.91 Å². The molecule has 0 spiro atoms. The summed E-state index contributed by atoms with van der Waals surface area (Å²) in [7, 11) is -3.53. The maximum Gasteiger partial charge on any atom is 0.252 e. The molecule has 0 aliphatic carbocycles. The number of halogens is 1. The highest BCUT2D eigenvalue weighted by molar-refractivity contribution is 9.11. The molecule has 7 nitrogen and oxygen atoms in total. The quantitative estimate of drug-likeness (QED) is 0.642. The lowest BCUT2D eigenvalue weighted by Crippen LogP contribution is -2.45. The van der Waals surface area contributed by atoms with Crippen molar-refractivity contribution in [2.45, 2.75) is 30.0 Å². The second kappa shape index (κ2) is 8.64. The molecule has 10 heteroatoms. The molecule has 0 saturated carbocycles. The molecule has 0 aromatic carbocycles. The molecule has 1 unspecified atom stereocenters. The SMILES string of the molecule is O=C(NCCCn1ccnc1)C1CCCN(S(=O)(=O)c2ccc(Br)s2)C1. The lowest BCUT2D eigenvalue weighted by Gasteiger charge is -2.30. The van der Waals surface area contributed by atoms with Gasteiger partial charge in [0.1, 0.15) is 4.21 Å². The molecule has 3 rings (SSSR count). The molecule has 1 aliphatic heterocycles. The fourth-order valence-electron chi connectivity index (χ4n) is 2.97. The van der Waals surface area contributed by atoms with Gasteiger partial charge in [-0.15, -0.1) is 11.3 Å². The van der Waals surface area contributed by atoms with Crippen LogP contribution in [0.3, 0.4) is 0 Å². The summed E-state index contributed by atoms with van der Waals surface area (Å²) in [5.41, 5.74) is 0. The molecule has 1 saturated heterocycles. The molecule has 26 heavy (non-hydrogen) atoms. The number of carbonyl (C=O) groups is 1. The summed E-state index contributed by atoms with van der Waals surface area (Å²) >= 11 is 4.49. The highest BCUT2D eigenvalue weighted by atomic mass is 79.9. The first kappa shape index (κ1) is 19.5. The first-order chi connectivity index (χ1) is 12.5. The van der Waals surface area contributed by atoms with Gasteiger partial charge in [0, 0.05) is 38.6 Å². The van der Waals surface area contributed by atoms with Gasteiger partial charge in [-0.25, -0.2) is 13.4 Å². The van der Waals surface area contributed by atoms with Gasteiger partial charge in [-0.1, -0.05) is 0 Å². The predicted octanol–water partition coefficient (Wildman–Crippen LogP) is 2.31. The van der Waals surface area contributed by atoms with E-state index in [-0.39, 0.29) is 18.4 Å². The van der Waals surface area contributed by atoms with E-state index in [0.29, 0.717) is 30.1 Å². The predicted molar refractivity (Wildman–Crippen MR) is 103 cm³/mol. The number of aromatic nitrogens is 2. The number of nitrogens with one attached hydrogen (secondary N) is 1. The Kier molecular flexibility index (Phi) is 6.49. The monoisotopic (exact) mass is 460 g/mol. The summed E-state index contributed by atoms with van der Waals surface area (Å²) in [6.45, 7) is 2.06. The molecule has 1 aliphatic rings. The number of piperidine rings is 1. The van der Waals surface area contributed by atoms with Crippen molar-refractivity contribution in [2.24, 2.45) is 5.92 Å². The van der Waals surface area contributed by atoms with Crippen molar-refractivity contribution < 1.29 is 13.2 Å². The normalized spacial score (nSPS) is 18.7. The molecule has 1 fully saturated rings. The Balaban J connectivity index is 1.51. The van der Waals surface area contributed by atoms with Crippen LogP contribution in [-0.4, -0.2) is 47.8 Å². The smallest absolute Gasteiger partial charge is 0.252 e. The van der Waals surface area contributed by atoms with E-state index < -0.39 is 10.0 Å². The third-order valence-corrected chi connectivity index (χ3v) is 8.31. The number of amides is 1. The number of thiophene rings is 1. The van der Waals surface area contributed by atoms with Crippen molar-refractivity contribution in [1.29, 1.82) is 0 Å². The Morgan fingerprint density at radius 2 is 2.27 bits per heavy atom. The van der Waals surface area contributed by atoms with Crippen LogP contribution in [0, 0.1) is 5.92 Å². The first-order valence-corrected chi connectivity index (χ1v) is 11.5. The number of aryl methyl sites for hydroxylation is 1. The largest absolute Gasteiger partial charge is 0.356 e. The number of hydrogen-bond acceptors (Lipinski definition) is 5. The van der Waals surface area contributed by atoms with E-state index in [1.54, 1.807) is 24.7 Å². The number of sulfonamides is 1. The van der Waals surface area contributed by atoms with E-state index in [4.69, 9.17) is 0 Å². The van der Waals surface area contributed by atoms with Gasteiger partial charge in [-0.05, 0) is 47.3 Å². The van der Waals surface area contributed by atoms with Crippen molar-refractivity contribution in [1.82, 2.24) is 19.2 Å². The number of carbonyl (C=O) groups excluding carboxylic acids is 1. The topological polar surface area (TPSA) is 84.3 Å². The second-order valence-corrected chi connectivity index (χ2v) is 10.8. The summed E-state index contributed by atoms with van der Waals surface area (Å²) < 4.78 is 30.0. The summed E-state index contributed by atoms with van der Waals surface area (Å²) in [5.74, 6) is -0.363. The number of hydrogen-bond donors (Lipinski definition) is 1. The van der Waals surface area contributed by atoms with E-state index in [9.17, 15) is 13.2 Å². The molecule has 2 aromatic rings. The molecular weight excluding hydrogens is 440 g/mol. The minimum atomic E-state index is -3.53. The third kappa shape index (κ3) is 4.73. The number of imidazole rings is 1. The first-order valence-electron chi connectivity index (χ1n) is 8.46. The van der Waals surface area contributed by atoms with Crippen LogP contribution in [-0.2, 0) is 21.4 Å². The fraction of sp³-hybridized carbons (Fsp3) is 0.500. The van der Waals surface area contributed by atoms with Gasteiger partial charge in [-0.3, -0.25) is 4.79 Å². The lowest BCUT2D eigenvalue weighted by molar-refractivity contribution is -0.126. The van der Waals surface area contributed by atoms with E-state index >= 15 is 0 Å². The zero-order chi connectivity index (χ0) is 18.6. The zero-order valence-electron chi connectivity index (χ0n) is 14.2. The second-order valence-electron chi connectivity index (χ2n) is 6.21. The Bertz CT molecular complexity index is 836. The molecule has 0 bridgehead atoms. The minimum absolute atomic E-state index is 0.0668. The average molecular weight is 461 g/mol. The van der Waals surface area contributed by atoms with Gasteiger partial charge in [0.05, 0.1) is 16.0 Å². The summed E-state index contributed by atoms with van der Waals surface area (Å²) in [4.78, 5) is 16.4. The van der Waals surface area contributed by atoms with Crippen LogP contribution >= 0.6 is 27.3 Å². The summed E-state index contributed by atoms with van der Waals surface area (Å²) in [6.07, 6.45) is 7.57. The molecule has 142 valence electrons. The Hall–Kier alpha value is -1.23. The van der Waals surface area contributed by atoms with E-state index in [2.05, 4.69) is 26.2 Å². The van der Waals surface area contributed by atoms with Crippen molar-refractivity contribution in [3.8, 4) is 0 Å². The molecule has 1 N–H and O–H groups in total. The van der Waals surface area contributed by atoms with Gasteiger partial charge < -0.3 is 9.88 Å². The fourth-order valence-corrected chi connectivity index (χ4v) is 6.66. The maximum absolute atomic E-state index is 12.7. The van der Waals surface area contributed by atoms with E-state index in [0.717, 1.165) is 16.8 Å². The maximum atomic E-state index is 12.7. The number of nitrogens with zero attached hydrogens (tertiary/aromatic N) is 3. The third-order valence-electron chi connectivity index (χ3n) is 4.35. The van der Waals surface area contributed by atoms with Crippen molar-refractivity contribution in [2.75, 3.05) is 19.6 Å². The van der Waals surface area contributed by atoms with Crippen LogP contribution < -0.4 is 5.32 Å². The molecule has 1 atom stereocenters. The lowest BCUT2D eigenvalue weighted by atomic mass is 9.99. The van der Waals surface area contributed by atoms with Gasteiger partial charge in [0.25, 0.3) is 10.0 Å². The van der Waals surface area contributed by atoms with E-state index in [1.807, 2.05) is 10.8 Å². The molecule has 1 amide bonds. The van der Waals surface area contributed by atoms with Crippen LogP contribution in [0.15, 0.2) is 38.8 Å². The standard InChI is InChI=1S/C16H21BrN4O3S2/c17-14-4-5-15(25-14)26(23,24)21-9-1-3-13(11-21)16(22)19-6-2-8-20-10-7-18-12-20/h4-5,7,10,12-13H,1-3,6,8-9,11H2,(H,19,22). The van der Waals surface area contributed by atoms with Crippen LogP contribution in [0.25, 0.3) is 0 Å². The molecular formula is C16H21BrN4O3S2. The Morgan fingerprint density at radius 3 is 2.96 bits per heavy atom. The van der Waals surface area contributed by atoms with Gasteiger partial charge in [0.15, 0.2) is 0 Å². The van der Waals surface area contributed by atoms with Crippen molar-refractivity contribution in [3.63, 3.8) is 0 Å². The van der Waals surface area contributed by atoms with Crippen LogP contribution in [0.2, 0.25) is 0 Å². The zero-order valence-corrected chi connectivity index (χ0v) is 17.4. The Labute approximate surface area is 165 Å². The highest BCUT2D eigenvalue weighted by Gasteiger charge is 2.33. The van der Waals surface area contributed by atoms with Gasteiger partial charge in [-0.2, -0.15) is 4.31 Å². The van der Waals surface area contributed by atoms with Crippen LogP contribution in [0.5, 0.6) is 0 Å². The average Bonchev–Trinajstić information content (AvgIpc) is 3.30. The van der Waals surface area contributed by atoms with Crippen LogP contribution in [0.4, 0.5) is 0 Å². The summed E-state index contributed by atoms with van der Waals surface area (Å²) in [6, 6.07) is 3.33. The van der Waals surface area contributed by atoms with Crippen molar-refractivity contribution >= 4 is 43.2 Å². The highest BCUT2D eigenvalue weighted by Crippen LogP contribution is 2.30. The van der Waals surface area contributed by atoms with Crippen LogP contribution in [0.1, 0.15) is 19.3 Å². The van der Waals surface area contributed by atoms with Gasteiger partial charge >= 0.3 is 0 Å². The molecule has 0 radical (unpaired) electrons. The summed E-state index contributed by atoms with van der Waals surface area (Å²) in [5, 5.41) is 2.93. The minimum Gasteiger partial charge on any atom is -0.356 e. The van der Waals surface area contributed by atoms with E-state index in [1.165, 1.54) is 15.6 Å². The van der Waals surface area contributed by atoms with Crippen molar-refractivity contribution in [3.05, 3.63) is 34.6 Å². The molecule has 3 heterocycles. The molecule has 2 aromatic heterocycles.